The summed E-state index contributed by atoms with van der Waals surface area (Å²) in [6.07, 6.45) is 12.2. The first-order chi connectivity index (χ1) is 19.0. The maximum Gasteiger partial charge on any atom is 0.222 e. The molecule has 0 unspecified atom stereocenters. The molecule has 1 aromatic carbocycles. The van der Waals surface area contributed by atoms with Crippen LogP contribution in [-0.4, -0.2) is 65.5 Å². The summed E-state index contributed by atoms with van der Waals surface area (Å²) in [6.45, 7) is 9.52. The van der Waals surface area contributed by atoms with Gasteiger partial charge in [0.05, 0.1) is 13.7 Å². The van der Waals surface area contributed by atoms with Crippen LogP contribution >= 0.6 is 0 Å². The molecule has 4 N–H and O–H groups in total. The number of aliphatic hydroxyl groups is 1. The van der Waals surface area contributed by atoms with Crippen LogP contribution in [0, 0.1) is 6.92 Å². The quantitative estimate of drug-likeness (QED) is 0.205. The van der Waals surface area contributed by atoms with Crippen molar-refractivity contribution in [2.24, 2.45) is 0 Å². The fraction of sp³-hybridized carbons (Fsp3) is 0.677. The van der Waals surface area contributed by atoms with Crippen molar-refractivity contribution >= 4 is 11.8 Å². The standard InChI is InChI=1S/C31H51N5O3/c1-5-7-8-12-26-13-9-17-36(26)18-10-20-39-27-15-14-24(29(22-27)38-4)21-28-23(3)33-31(32)35-30(28)34-25(11-6-2)16-19-37/h14-15,22,25-26,37H,5-13,16-21H2,1-4H3,(H3,32,33,34,35)/t25-,26-/m0/s1. The molecule has 1 aromatic heterocycles. The highest BCUT2D eigenvalue weighted by Crippen LogP contribution is 2.30. The van der Waals surface area contributed by atoms with Gasteiger partial charge in [0.15, 0.2) is 0 Å². The fourth-order valence-corrected chi connectivity index (χ4v) is 5.69. The lowest BCUT2D eigenvalue weighted by molar-refractivity contribution is 0.211. The van der Waals surface area contributed by atoms with Crippen molar-refractivity contribution < 1.29 is 14.6 Å². The van der Waals surface area contributed by atoms with Gasteiger partial charge < -0.3 is 30.5 Å². The lowest BCUT2D eigenvalue weighted by Gasteiger charge is -2.24. The molecule has 1 aliphatic heterocycles. The van der Waals surface area contributed by atoms with Crippen molar-refractivity contribution in [3.05, 3.63) is 35.0 Å². The normalized spacial score (nSPS) is 16.4. The van der Waals surface area contributed by atoms with Gasteiger partial charge in [0.1, 0.15) is 17.3 Å². The Bertz CT molecular complexity index is 996. The smallest absolute Gasteiger partial charge is 0.222 e. The number of anilines is 2. The highest BCUT2D eigenvalue weighted by atomic mass is 16.5. The molecule has 0 aliphatic carbocycles. The summed E-state index contributed by atoms with van der Waals surface area (Å²) >= 11 is 0. The third-order valence-corrected chi connectivity index (χ3v) is 7.81. The molecule has 0 spiro atoms. The van der Waals surface area contributed by atoms with Gasteiger partial charge in [-0.3, -0.25) is 0 Å². The Hall–Kier alpha value is -2.58. The van der Waals surface area contributed by atoms with Crippen molar-refractivity contribution in [1.29, 1.82) is 0 Å². The number of unbranched alkanes of at least 4 members (excludes halogenated alkanes) is 2. The van der Waals surface area contributed by atoms with Gasteiger partial charge in [-0.2, -0.15) is 4.98 Å². The molecule has 0 saturated carbocycles. The highest BCUT2D eigenvalue weighted by Gasteiger charge is 2.23. The van der Waals surface area contributed by atoms with E-state index in [1.807, 2.05) is 19.1 Å². The van der Waals surface area contributed by atoms with Crippen LogP contribution in [0.5, 0.6) is 11.5 Å². The number of hydrogen-bond donors (Lipinski definition) is 3. The van der Waals surface area contributed by atoms with Crippen molar-refractivity contribution in [3.8, 4) is 11.5 Å². The zero-order valence-electron chi connectivity index (χ0n) is 24.7. The summed E-state index contributed by atoms with van der Waals surface area (Å²) in [7, 11) is 1.69. The van der Waals surface area contributed by atoms with Gasteiger partial charge in [-0.25, -0.2) is 4.98 Å². The molecule has 0 radical (unpaired) electrons. The van der Waals surface area contributed by atoms with E-state index in [4.69, 9.17) is 15.2 Å². The number of nitrogens with two attached hydrogens (primary N) is 1. The van der Waals surface area contributed by atoms with Gasteiger partial charge in [-0.1, -0.05) is 45.6 Å². The SMILES string of the molecule is CCCCC[C@H]1CCCN1CCCOc1ccc(Cc2c(C)nc(N)nc2N[C@@H](CCC)CCO)c(OC)c1. The zero-order chi connectivity index (χ0) is 28.0. The first kappa shape index (κ1) is 31.0. The monoisotopic (exact) mass is 541 g/mol. The van der Waals surface area contributed by atoms with E-state index < -0.39 is 0 Å². The molecule has 1 saturated heterocycles. The van der Waals surface area contributed by atoms with Crippen LogP contribution in [0.4, 0.5) is 11.8 Å². The molecule has 1 fully saturated rings. The topological polar surface area (TPSA) is 106 Å². The second-order valence-corrected chi connectivity index (χ2v) is 10.8. The van der Waals surface area contributed by atoms with Crippen LogP contribution in [0.2, 0.25) is 0 Å². The van der Waals surface area contributed by atoms with E-state index in [0.29, 0.717) is 19.4 Å². The summed E-state index contributed by atoms with van der Waals surface area (Å²) in [5.41, 5.74) is 8.85. The Morgan fingerprint density at radius 1 is 1.15 bits per heavy atom. The first-order valence-corrected chi connectivity index (χ1v) is 15.0. The van der Waals surface area contributed by atoms with Gasteiger partial charge in [0, 0.05) is 49.0 Å². The molecular formula is C31H51N5O3. The van der Waals surface area contributed by atoms with Crippen molar-refractivity contribution in [2.45, 2.75) is 103 Å². The van der Waals surface area contributed by atoms with Crippen molar-refractivity contribution in [2.75, 3.05) is 44.5 Å². The molecule has 2 heterocycles. The van der Waals surface area contributed by atoms with Gasteiger partial charge in [0.25, 0.3) is 0 Å². The molecule has 218 valence electrons. The van der Waals surface area contributed by atoms with Crippen LogP contribution in [0.25, 0.3) is 0 Å². The molecule has 1 aliphatic rings. The fourth-order valence-electron chi connectivity index (χ4n) is 5.69. The summed E-state index contributed by atoms with van der Waals surface area (Å²) in [6, 6.07) is 6.95. The van der Waals surface area contributed by atoms with E-state index in [0.717, 1.165) is 66.0 Å². The number of nitrogen functional groups attached to an aromatic ring is 1. The summed E-state index contributed by atoms with van der Waals surface area (Å²) in [4.78, 5) is 11.6. The number of nitrogens with one attached hydrogen (secondary N) is 1. The number of ether oxygens (including phenoxy) is 2. The predicted molar refractivity (Wildman–Crippen MR) is 160 cm³/mol. The maximum atomic E-state index is 9.50. The summed E-state index contributed by atoms with van der Waals surface area (Å²) in [5, 5.41) is 13.0. The third-order valence-electron chi connectivity index (χ3n) is 7.81. The van der Waals surface area contributed by atoms with Crippen LogP contribution in [0.3, 0.4) is 0 Å². The zero-order valence-corrected chi connectivity index (χ0v) is 24.7. The molecule has 2 aromatic rings. The number of aryl methyl sites for hydroxylation is 1. The number of nitrogens with zero attached hydrogens (tertiary/aromatic N) is 3. The highest BCUT2D eigenvalue weighted by molar-refractivity contribution is 5.54. The summed E-state index contributed by atoms with van der Waals surface area (Å²) in [5.74, 6) is 2.58. The molecule has 0 amide bonds. The molecule has 39 heavy (non-hydrogen) atoms. The molecule has 2 atom stereocenters. The van der Waals surface area contributed by atoms with Gasteiger partial charge in [0.2, 0.25) is 5.95 Å². The number of methoxy groups -OCH3 is 1. The minimum absolute atomic E-state index is 0.123. The van der Waals surface area contributed by atoms with Gasteiger partial charge >= 0.3 is 0 Å². The predicted octanol–water partition coefficient (Wildman–Crippen LogP) is 5.74. The van der Waals surface area contributed by atoms with Crippen molar-refractivity contribution in [3.63, 3.8) is 0 Å². The Kier molecular flexibility index (Phi) is 13.1. The minimum atomic E-state index is 0.123. The van der Waals surface area contributed by atoms with E-state index in [-0.39, 0.29) is 18.6 Å². The number of rotatable bonds is 18. The van der Waals surface area contributed by atoms with E-state index >= 15 is 0 Å². The second kappa shape index (κ2) is 16.5. The van der Waals surface area contributed by atoms with Crippen molar-refractivity contribution in [1.82, 2.24) is 14.9 Å². The molecule has 3 rings (SSSR count). The van der Waals surface area contributed by atoms with Gasteiger partial charge in [-0.15, -0.1) is 0 Å². The lowest BCUT2D eigenvalue weighted by Crippen LogP contribution is -2.31. The van der Waals surface area contributed by atoms with E-state index in [9.17, 15) is 5.11 Å². The minimum Gasteiger partial charge on any atom is -0.496 e. The number of likely N-dealkylation sites (tertiary alicyclic amines) is 1. The number of hydrogen-bond acceptors (Lipinski definition) is 8. The summed E-state index contributed by atoms with van der Waals surface area (Å²) < 4.78 is 11.9. The maximum absolute atomic E-state index is 9.50. The molecular weight excluding hydrogens is 490 g/mol. The first-order valence-electron chi connectivity index (χ1n) is 15.0. The molecule has 8 nitrogen and oxygen atoms in total. The van der Waals surface area contributed by atoms with Crippen LogP contribution in [0.1, 0.15) is 94.9 Å². The Morgan fingerprint density at radius 3 is 2.74 bits per heavy atom. The number of aromatic nitrogens is 2. The number of benzene rings is 1. The van der Waals surface area contributed by atoms with E-state index in [2.05, 4.69) is 40.1 Å². The average molecular weight is 542 g/mol. The number of aliphatic hydroxyl groups excluding tert-OH is 1. The Labute approximate surface area is 235 Å². The molecule has 0 bridgehead atoms. The van der Waals surface area contributed by atoms with E-state index in [1.54, 1.807) is 7.11 Å². The third kappa shape index (κ3) is 9.53. The Morgan fingerprint density at radius 2 is 2.00 bits per heavy atom. The van der Waals surface area contributed by atoms with Crippen LogP contribution in [0.15, 0.2) is 18.2 Å². The Balaban J connectivity index is 1.61. The van der Waals surface area contributed by atoms with Crippen LogP contribution < -0.4 is 20.5 Å². The van der Waals surface area contributed by atoms with E-state index in [1.165, 1.54) is 45.1 Å². The lowest BCUT2D eigenvalue weighted by atomic mass is 10.0. The van der Waals surface area contributed by atoms with Crippen LogP contribution in [-0.2, 0) is 6.42 Å². The largest absolute Gasteiger partial charge is 0.496 e. The average Bonchev–Trinajstić information content (AvgIpc) is 3.36. The molecule has 8 heteroatoms. The van der Waals surface area contributed by atoms with Gasteiger partial charge in [-0.05, 0) is 63.6 Å². The second-order valence-electron chi connectivity index (χ2n) is 10.8.